The highest BCUT2D eigenvalue weighted by molar-refractivity contribution is 5.74. The molecule has 0 aromatic carbocycles. The summed E-state index contributed by atoms with van der Waals surface area (Å²) in [4.78, 5) is 19.7. The summed E-state index contributed by atoms with van der Waals surface area (Å²) in [5, 5.41) is 3.50. The minimum Gasteiger partial charge on any atom is -0.351 e. The van der Waals surface area contributed by atoms with Gasteiger partial charge in [0.25, 0.3) is 0 Å². The van der Waals surface area contributed by atoms with Gasteiger partial charge in [-0.2, -0.15) is 13.2 Å². The van der Waals surface area contributed by atoms with Crippen LogP contribution >= 0.6 is 0 Å². The van der Waals surface area contributed by atoms with E-state index in [4.69, 9.17) is 4.98 Å². The number of anilines is 1. The number of nitrogens with zero attached hydrogens (tertiary/aromatic N) is 4. The monoisotopic (exact) mass is 397 g/mol. The summed E-state index contributed by atoms with van der Waals surface area (Å²) < 4.78 is 41.5. The van der Waals surface area contributed by atoms with Crippen LogP contribution < -0.4 is 15.9 Å². The minimum absolute atomic E-state index is 0.0119. The third-order valence-electron chi connectivity index (χ3n) is 5.87. The molecule has 154 valence electrons. The molecule has 1 N–H and O–H groups in total. The lowest BCUT2D eigenvalue weighted by molar-refractivity contribution is -0.155. The van der Waals surface area contributed by atoms with Gasteiger partial charge >= 0.3 is 11.9 Å². The van der Waals surface area contributed by atoms with Gasteiger partial charge in [0, 0.05) is 38.8 Å². The van der Waals surface area contributed by atoms with E-state index in [0.29, 0.717) is 23.2 Å². The van der Waals surface area contributed by atoms with Crippen LogP contribution in [0, 0.1) is 5.41 Å². The minimum atomic E-state index is -4.27. The lowest BCUT2D eigenvalue weighted by atomic mass is 9.89. The van der Waals surface area contributed by atoms with Gasteiger partial charge in [0.1, 0.15) is 5.82 Å². The topological polar surface area (TPSA) is 55.1 Å². The molecule has 0 amide bonds. The zero-order valence-electron chi connectivity index (χ0n) is 16.4. The Kier molecular flexibility index (Phi) is 4.48. The molecule has 0 radical (unpaired) electrons. The Morgan fingerprint density at radius 1 is 1.25 bits per heavy atom. The van der Waals surface area contributed by atoms with Crippen LogP contribution in [-0.4, -0.2) is 45.5 Å². The van der Waals surface area contributed by atoms with Gasteiger partial charge in [-0.25, -0.2) is 9.78 Å². The summed E-state index contributed by atoms with van der Waals surface area (Å²) in [7, 11) is 1.62. The molecule has 3 fully saturated rings. The van der Waals surface area contributed by atoms with E-state index in [-0.39, 0.29) is 12.2 Å². The van der Waals surface area contributed by atoms with Gasteiger partial charge < -0.3 is 10.2 Å². The van der Waals surface area contributed by atoms with Crippen molar-refractivity contribution < 1.29 is 13.2 Å². The molecule has 28 heavy (non-hydrogen) atoms. The summed E-state index contributed by atoms with van der Waals surface area (Å²) in [6.07, 6.45) is -2.95. The summed E-state index contributed by atoms with van der Waals surface area (Å²) >= 11 is 0. The largest absolute Gasteiger partial charge is 0.389 e. The van der Waals surface area contributed by atoms with E-state index in [2.05, 4.69) is 10.2 Å². The number of hydrogen-bond donors (Lipinski definition) is 1. The fourth-order valence-electron chi connectivity index (χ4n) is 4.59. The zero-order valence-corrected chi connectivity index (χ0v) is 16.4. The number of fused-ring (bicyclic) bond motifs is 4. The Labute approximate surface area is 161 Å². The van der Waals surface area contributed by atoms with Crippen LogP contribution in [0.4, 0.5) is 19.0 Å². The van der Waals surface area contributed by atoms with Crippen LogP contribution in [-0.2, 0) is 13.6 Å². The molecule has 3 aliphatic rings. The molecule has 2 bridgehead atoms. The summed E-state index contributed by atoms with van der Waals surface area (Å²) in [6, 6.07) is 4.55. The SMILES string of the molecule is Cn1c(=O)n(CC(C)(C)CC(F)(F)F)c2ccc(N3CC4CCC3CN4)nc21. The molecule has 0 aliphatic carbocycles. The van der Waals surface area contributed by atoms with Crippen molar-refractivity contribution in [3.05, 3.63) is 22.6 Å². The third kappa shape index (κ3) is 3.52. The predicted molar refractivity (Wildman–Crippen MR) is 102 cm³/mol. The van der Waals surface area contributed by atoms with Crippen LogP contribution in [0.1, 0.15) is 33.1 Å². The lowest BCUT2D eigenvalue weighted by Crippen LogP contribution is -2.61. The number of nitrogens with one attached hydrogen (secondary N) is 1. The Morgan fingerprint density at radius 3 is 2.57 bits per heavy atom. The van der Waals surface area contributed by atoms with E-state index in [9.17, 15) is 18.0 Å². The van der Waals surface area contributed by atoms with Crippen molar-refractivity contribution in [2.45, 2.75) is 57.9 Å². The smallest absolute Gasteiger partial charge is 0.351 e. The van der Waals surface area contributed by atoms with Crippen molar-refractivity contribution >= 4 is 17.0 Å². The molecule has 5 rings (SSSR count). The molecule has 2 aromatic heterocycles. The number of pyridine rings is 1. The van der Waals surface area contributed by atoms with Gasteiger partial charge in [0.2, 0.25) is 0 Å². The van der Waals surface area contributed by atoms with Crippen molar-refractivity contribution in [3.8, 4) is 0 Å². The van der Waals surface area contributed by atoms with Gasteiger partial charge in [-0.15, -0.1) is 0 Å². The standard InChI is InChI=1S/C19H26F3N5O/c1-18(2,10-19(20,21)22)11-27-14-6-7-15(24-16(14)25(3)17(27)28)26-9-12-4-5-13(26)8-23-12/h6-7,12-13,23H,4-5,8-11H2,1-3H3. The molecular weight excluding hydrogens is 371 g/mol. The highest BCUT2D eigenvalue weighted by atomic mass is 19.4. The van der Waals surface area contributed by atoms with Gasteiger partial charge in [-0.1, -0.05) is 13.8 Å². The van der Waals surface area contributed by atoms with Gasteiger partial charge in [0.05, 0.1) is 11.9 Å². The molecule has 2 unspecified atom stereocenters. The molecule has 2 atom stereocenters. The molecule has 9 heteroatoms. The zero-order chi connectivity index (χ0) is 20.3. The first kappa shape index (κ1) is 19.3. The highest BCUT2D eigenvalue weighted by Crippen LogP contribution is 2.35. The Morgan fingerprint density at radius 2 is 2.00 bits per heavy atom. The quantitative estimate of drug-likeness (QED) is 0.862. The van der Waals surface area contributed by atoms with Crippen LogP contribution in [0.3, 0.4) is 0 Å². The number of imidazole rings is 1. The second-order valence-corrected chi connectivity index (χ2v) is 8.88. The van der Waals surface area contributed by atoms with Crippen molar-refractivity contribution in [3.63, 3.8) is 0 Å². The predicted octanol–water partition coefficient (Wildman–Crippen LogP) is 2.65. The number of aromatic nitrogens is 3. The van der Waals surface area contributed by atoms with E-state index in [0.717, 1.165) is 31.7 Å². The maximum atomic E-state index is 12.9. The number of hydrogen-bond acceptors (Lipinski definition) is 4. The average Bonchev–Trinajstić information content (AvgIpc) is 2.85. The number of rotatable bonds is 4. The Hall–Kier alpha value is -2.03. The Bertz CT molecular complexity index is 937. The number of halogens is 3. The summed E-state index contributed by atoms with van der Waals surface area (Å²) in [5.41, 5.74) is -0.338. The number of aryl methyl sites for hydroxylation is 1. The third-order valence-corrected chi connectivity index (χ3v) is 5.87. The second kappa shape index (κ2) is 6.50. The fraction of sp³-hybridized carbons (Fsp3) is 0.684. The van der Waals surface area contributed by atoms with E-state index < -0.39 is 18.0 Å². The van der Waals surface area contributed by atoms with Crippen LogP contribution in [0.2, 0.25) is 0 Å². The Balaban J connectivity index is 1.68. The van der Waals surface area contributed by atoms with Gasteiger partial charge in [-0.3, -0.25) is 9.13 Å². The molecule has 2 aromatic rings. The molecule has 0 saturated carbocycles. The van der Waals surface area contributed by atoms with Gasteiger partial charge in [-0.05, 0) is 30.4 Å². The number of alkyl halides is 3. The number of piperazine rings is 1. The van der Waals surface area contributed by atoms with Crippen molar-refractivity contribution in [1.29, 1.82) is 0 Å². The first-order valence-corrected chi connectivity index (χ1v) is 9.67. The molecule has 6 nitrogen and oxygen atoms in total. The first-order valence-electron chi connectivity index (χ1n) is 9.67. The highest BCUT2D eigenvalue weighted by Gasteiger charge is 2.38. The maximum absolute atomic E-state index is 12.9. The molecular formula is C19H26F3N5O. The summed E-state index contributed by atoms with van der Waals surface area (Å²) in [5.74, 6) is 0.825. The van der Waals surface area contributed by atoms with E-state index in [1.165, 1.54) is 23.0 Å². The van der Waals surface area contributed by atoms with E-state index in [1.807, 2.05) is 12.1 Å². The van der Waals surface area contributed by atoms with Crippen molar-refractivity contribution in [2.24, 2.45) is 12.5 Å². The molecule has 3 saturated heterocycles. The van der Waals surface area contributed by atoms with E-state index in [1.54, 1.807) is 7.05 Å². The number of piperidine rings is 2. The second-order valence-electron chi connectivity index (χ2n) is 8.88. The first-order chi connectivity index (χ1) is 13.0. The average molecular weight is 397 g/mol. The maximum Gasteiger partial charge on any atom is 0.389 e. The van der Waals surface area contributed by atoms with Crippen LogP contribution in [0.5, 0.6) is 0 Å². The normalized spacial score (nSPS) is 23.0. The van der Waals surface area contributed by atoms with Crippen LogP contribution in [0.25, 0.3) is 11.2 Å². The van der Waals surface area contributed by atoms with Crippen molar-refractivity contribution in [2.75, 3.05) is 18.0 Å². The molecule has 0 spiro atoms. The fourth-order valence-corrected chi connectivity index (χ4v) is 4.59. The van der Waals surface area contributed by atoms with E-state index >= 15 is 0 Å². The lowest BCUT2D eigenvalue weighted by Gasteiger charge is -2.46. The molecule has 5 heterocycles. The van der Waals surface area contributed by atoms with Gasteiger partial charge in [0.15, 0.2) is 5.65 Å². The summed E-state index contributed by atoms with van der Waals surface area (Å²) in [6.45, 7) is 4.87. The van der Waals surface area contributed by atoms with Crippen LogP contribution in [0.15, 0.2) is 16.9 Å². The van der Waals surface area contributed by atoms with Crippen molar-refractivity contribution in [1.82, 2.24) is 19.4 Å². The molecule has 3 aliphatic heterocycles.